The molecule has 0 radical (unpaired) electrons. The first-order valence-corrected chi connectivity index (χ1v) is 10.2. The molecule has 2 aromatic rings. The van der Waals surface area contributed by atoms with Gasteiger partial charge in [-0.1, -0.05) is 12.1 Å². The number of aliphatic imine (C=N–C) groups is 1. The number of hydrogen-bond acceptors (Lipinski definition) is 6. The molecular formula is C22H26FN5O3. The number of nitrogens with one attached hydrogen (secondary N) is 3. The van der Waals surface area contributed by atoms with Gasteiger partial charge in [0.1, 0.15) is 12.0 Å². The molecular weight excluding hydrogens is 401 g/mol. The van der Waals surface area contributed by atoms with Crippen LogP contribution in [0.25, 0.3) is 0 Å². The van der Waals surface area contributed by atoms with Gasteiger partial charge >= 0.3 is 0 Å². The number of hydrogen-bond donors (Lipinski definition) is 4. The highest BCUT2D eigenvalue weighted by Gasteiger charge is 2.23. The summed E-state index contributed by atoms with van der Waals surface area (Å²) in [5, 5.41) is 19.2. The zero-order valence-electron chi connectivity index (χ0n) is 17.2. The van der Waals surface area contributed by atoms with Crippen molar-refractivity contribution >= 4 is 11.9 Å². The van der Waals surface area contributed by atoms with Gasteiger partial charge in [-0.25, -0.2) is 9.38 Å². The number of halogens is 1. The van der Waals surface area contributed by atoms with Crippen molar-refractivity contribution in [2.45, 2.75) is 31.6 Å². The number of carbonyl (C=O) groups is 1. The van der Waals surface area contributed by atoms with Crippen LogP contribution in [-0.2, 0) is 4.74 Å². The monoisotopic (exact) mass is 427 g/mol. The van der Waals surface area contributed by atoms with Crippen LogP contribution < -0.4 is 16.0 Å². The lowest BCUT2D eigenvalue weighted by molar-refractivity contribution is 0.0916. The Morgan fingerprint density at radius 1 is 1.39 bits per heavy atom. The molecule has 0 aliphatic carbocycles. The topological polar surface area (TPSA) is 99.9 Å². The number of ether oxygens (including phenoxy) is 1. The number of amides is 1. The molecule has 3 heterocycles. The zero-order chi connectivity index (χ0) is 21.8. The van der Waals surface area contributed by atoms with Gasteiger partial charge < -0.3 is 30.4 Å². The first-order chi connectivity index (χ1) is 15.0. The molecule has 4 rings (SSSR count). The summed E-state index contributed by atoms with van der Waals surface area (Å²) in [6, 6.07) is 7.02. The van der Waals surface area contributed by atoms with Crippen molar-refractivity contribution in [3.05, 3.63) is 71.4 Å². The molecule has 1 fully saturated rings. The van der Waals surface area contributed by atoms with Crippen LogP contribution in [0, 0.1) is 5.82 Å². The van der Waals surface area contributed by atoms with E-state index >= 15 is 0 Å². The summed E-state index contributed by atoms with van der Waals surface area (Å²) in [6.45, 7) is 3.07. The van der Waals surface area contributed by atoms with Gasteiger partial charge in [0.05, 0.1) is 30.9 Å². The molecule has 9 heteroatoms. The number of carbonyl (C=O) groups excluding carboxylic acids is 1. The van der Waals surface area contributed by atoms with Crippen LogP contribution in [0.15, 0.2) is 59.5 Å². The summed E-state index contributed by atoms with van der Waals surface area (Å²) < 4.78 is 20.4. The Labute approximate surface area is 179 Å². The predicted molar refractivity (Wildman–Crippen MR) is 114 cm³/mol. The third-order valence-electron chi connectivity index (χ3n) is 5.41. The highest BCUT2D eigenvalue weighted by Crippen LogP contribution is 2.20. The molecule has 1 amide bonds. The molecule has 31 heavy (non-hydrogen) atoms. The fourth-order valence-electron chi connectivity index (χ4n) is 3.63. The Hall–Kier alpha value is -3.17. The van der Waals surface area contributed by atoms with E-state index in [1.807, 2.05) is 17.7 Å². The molecule has 0 bridgehead atoms. The summed E-state index contributed by atoms with van der Waals surface area (Å²) in [5.41, 5.74) is 2.08. The summed E-state index contributed by atoms with van der Waals surface area (Å²) in [4.78, 5) is 17.1. The molecule has 0 saturated carbocycles. The zero-order valence-corrected chi connectivity index (χ0v) is 17.2. The molecule has 8 nitrogen and oxygen atoms in total. The average Bonchev–Trinajstić information content (AvgIpc) is 3.46. The third-order valence-corrected chi connectivity index (χ3v) is 5.41. The number of benzene rings is 1. The average molecular weight is 427 g/mol. The lowest BCUT2D eigenvalue weighted by Gasteiger charge is -2.27. The lowest BCUT2D eigenvalue weighted by atomic mass is 10.1. The van der Waals surface area contributed by atoms with Crippen LogP contribution in [0.1, 0.15) is 41.5 Å². The van der Waals surface area contributed by atoms with E-state index in [0.29, 0.717) is 23.7 Å². The molecule has 2 aliphatic heterocycles. The van der Waals surface area contributed by atoms with Crippen molar-refractivity contribution in [1.82, 2.24) is 20.5 Å². The second-order valence-electron chi connectivity index (χ2n) is 7.71. The summed E-state index contributed by atoms with van der Waals surface area (Å²) in [5.74, 6) is -0.0257. The normalized spacial score (nSPS) is 21.6. The van der Waals surface area contributed by atoms with Gasteiger partial charge in [0, 0.05) is 25.2 Å². The van der Waals surface area contributed by atoms with Crippen LogP contribution in [0.2, 0.25) is 0 Å². The van der Waals surface area contributed by atoms with Gasteiger partial charge in [-0.2, -0.15) is 0 Å². The van der Waals surface area contributed by atoms with Gasteiger partial charge in [-0.3, -0.25) is 4.79 Å². The van der Waals surface area contributed by atoms with Crippen LogP contribution in [0.3, 0.4) is 0 Å². The Bertz CT molecular complexity index is 979. The summed E-state index contributed by atoms with van der Waals surface area (Å²) in [6.07, 6.45) is 6.11. The maximum atomic E-state index is 13.2. The number of rotatable bonds is 6. The molecule has 3 atom stereocenters. The van der Waals surface area contributed by atoms with Gasteiger partial charge in [0.2, 0.25) is 0 Å². The Morgan fingerprint density at radius 3 is 2.90 bits per heavy atom. The highest BCUT2D eigenvalue weighted by molar-refractivity contribution is 5.94. The number of aromatic nitrogens is 1. The largest absolute Gasteiger partial charge is 0.394 e. The molecule has 0 spiro atoms. The van der Waals surface area contributed by atoms with Crippen molar-refractivity contribution in [3.8, 4) is 0 Å². The molecule has 164 valence electrons. The minimum atomic E-state index is -0.623. The minimum absolute atomic E-state index is 0.186. The first-order valence-electron chi connectivity index (χ1n) is 10.2. The number of guanidine groups is 1. The quantitative estimate of drug-likeness (QED) is 0.564. The van der Waals surface area contributed by atoms with E-state index in [4.69, 9.17) is 4.74 Å². The van der Waals surface area contributed by atoms with Crippen LogP contribution in [-0.4, -0.2) is 47.4 Å². The molecule has 3 unspecified atom stereocenters. The van der Waals surface area contributed by atoms with E-state index in [1.165, 1.54) is 12.1 Å². The fraction of sp³-hybridized carbons (Fsp3) is 0.364. The maximum Gasteiger partial charge on any atom is 0.253 e. The van der Waals surface area contributed by atoms with E-state index in [2.05, 4.69) is 20.9 Å². The molecule has 2 aliphatic rings. The number of aliphatic hydroxyl groups is 1. The predicted octanol–water partition coefficient (Wildman–Crippen LogP) is 1.83. The SMILES string of the molecule is CC1=CN=C(NC2CCOC2)NC1n1ccc(C(=O)NC(CO)c2ccc(F)cc2)c1. The number of nitrogens with zero attached hydrogens (tertiary/aromatic N) is 2. The molecule has 1 aromatic carbocycles. The van der Waals surface area contributed by atoms with Gasteiger partial charge in [-0.05, 0) is 42.7 Å². The highest BCUT2D eigenvalue weighted by atomic mass is 19.1. The van der Waals surface area contributed by atoms with Crippen LogP contribution in [0.5, 0.6) is 0 Å². The van der Waals surface area contributed by atoms with Crippen molar-refractivity contribution in [3.63, 3.8) is 0 Å². The minimum Gasteiger partial charge on any atom is -0.394 e. The smallest absolute Gasteiger partial charge is 0.253 e. The van der Waals surface area contributed by atoms with E-state index in [0.717, 1.165) is 18.6 Å². The van der Waals surface area contributed by atoms with Gasteiger partial charge in [-0.15, -0.1) is 0 Å². The van der Waals surface area contributed by atoms with Crippen molar-refractivity contribution in [2.24, 2.45) is 4.99 Å². The Morgan fingerprint density at radius 2 is 2.19 bits per heavy atom. The second kappa shape index (κ2) is 9.32. The maximum absolute atomic E-state index is 13.2. The Kier molecular flexibility index (Phi) is 6.34. The van der Waals surface area contributed by atoms with E-state index in [9.17, 15) is 14.3 Å². The lowest BCUT2D eigenvalue weighted by Crippen LogP contribution is -2.47. The molecule has 4 N–H and O–H groups in total. The van der Waals surface area contributed by atoms with Crippen molar-refractivity contribution in [2.75, 3.05) is 19.8 Å². The molecule has 1 aromatic heterocycles. The van der Waals surface area contributed by atoms with E-state index < -0.39 is 6.04 Å². The fourth-order valence-corrected chi connectivity index (χ4v) is 3.63. The van der Waals surface area contributed by atoms with Gasteiger partial charge in [0.15, 0.2) is 5.96 Å². The standard InChI is InChI=1S/C22H26FN5O3/c1-14-10-24-22(25-18-7-9-31-13-18)27-20(14)28-8-6-16(11-28)21(30)26-19(12-29)15-2-4-17(23)5-3-15/h2-6,8,10-11,18-20,29H,7,9,12-13H2,1H3,(H,26,30)(H2,24,25,27). The third kappa shape index (κ3) is 4.95. The van der Waals surface area contributed by atoms with Crippen LogP contribution in [0.4, 0.5) is 4.39 Å². The van der Waals surface area contributed by atoms with Crippen LogP contribution >= 0.6 is 0 Å². The first kappa shape index (κ1) is 21.1. The molecule has 1 saturated heterocycles. The summed E-state index contributed by atoms with van der Waals surface area (Å²) >= 11 is 0. The Balaban J connectivity index is 1.42. The summed E-state index contributed by atoms with van der Waals surface area (Å²) in [7, 11) is 0. The van der Waals surface area contributed by atoms with Gasteiger partial charge in [0.25, 0.3) is 5.91 Å². The van der Waals surface area contributed by atoms with E-state index in [1.54, 1.807) is 30.6 Å². The van der Waals surface area contributed by atoms with Crippen molar-refractivity contribution < 1.29 is 19.0 Å². The van der Waals surface area contributed by atoms with E-state index in [-0.39, 0.29) is 30.5 Å². The number of aliphatic hydroxyl groups excluding tert-OH is 1. The second-order valence-corrected chi connectivity index (χ2v) is 7.71. The van der Waals surface area contributed by atoms with Crippen molar-refractivity contribution in [1.29, 1.82) is 0 Å².